The molecule has 112 valence electrons. The van der Waals surface area contributed by atoms with Crippen LogP contribution in [0.5, 0.6) is 0 Å². The van der Waals surface area contributed by atoms with E-state index in [1.807, 2.05) is 6.92 Å². The van der Waals surface area contributed by atoms with E-state index in [-0.39, 0.29) is 40.7 Å². The van der Waals surface area contributed by atoms with Gasteiger partial charge in [0.1, 0.15) is 0 Å². The topological polar surface area (TPSA) is 55.1 Å². The molecule has 0 aliphatic heterocycles. The van der Waals surface area contributed by atoms with Crippen LogP contribution >= 0.6 is 11.8 Å². The summed E-state index contributed by atoms with van der Waals surface area (Å²) in [6, 6.07) is 5.55. The standard InChI is InChI=1S/C13H17F3N2OS/c1-2-5-9(17)8-12(19)18-10-6-3-4-7-11(10)20-13(14,15)16/h3-4,6-7,9H,2,5,8,17H2,1H3,(H,18,19). The molecule has 1 aromatic carbocycles. The first kappa shape index (κ1) is 16.8. The van der Waals surface area contributed by atoms with E-state index >= 15 is 0 Å². The first-order valence-electron chi connectivity index (χ1n) is 6.22. The highest BCUT2D eigenvalue weighted by Gasteiger charge is 2.30. The summed E-state index contributed by atoms with van der Waals surface area (Å²) in [5, 5.41) is 2.48. The van der Waals surface area contributed by atoms with Crippen molar-refractivity contribution in [3.05, 3.63) is 24.3 Å². The number of nitrogens with two attached hydrogens (primary N) is 1. The Morgan fingerprint density at radius 3 is 2.65 bits per heavy atom. The first-order valence-corrected chi connectivity index (χ1v) is 7.03. The van der Waals surface area contributed by atoms with E-state index in [0.29, 0.717) is 6.42 Å². The zero-order valence-electron chi connectivity index (χ0n) is 11.0. The molecule has 0 saturated carbocycles. The summed E-state index contributed by atoms with van der Waals surface area (Å²) in [7, 11) is 0. The molecule has 1 atom stereocenters. The van der Waals surface area contributed by atoms with Gasteiger partial charge in [0.15, 0.2) is 0 Å². The highest BCUT2D eigenvalue weighted by atomic mass is 32.2. The minimum atomic E-state index is -4.39. The molecular weight excluding hydrogens is 289 g/mol. The van der Waals surface area contributed by atoms with E-state index in [4.69, 9.17) is 5.73 Å². The van der Waals surface area contributed by atoms with Gasteiger partial charge < -0.3 is 11.1 Å². The Hall–Kier alpha value is -1.21. The molecule has 1 amide bonds. The number of carbonyl (C=O) groups is 1. The zero-order chi connectivity index (χ0) is 15.2. The summed E-state index contributed by atoms with van der Waals surface area (Å²) in [6.07, 6.45) is 1.65. The number of para-hydroxylation sites is 1. The third-order valence-corrected chi connectivity index (χ3v) is 3.30. The average Bonchev–Trinajstić information content (AvgIpc) is 2.30. The monoisotopic (exact) mass is 306 g/mol. The van der Waals surface area contributed by atoms with Gasteiger partial charge in [0, 0.05) is 17.4 Å². The van der Waals surface area contributed by atoms with Crippen molar-refractivity contribution in [3.63, 3.8) is 0 Å². The van der Waals surface area contributed by atoms with Gasteiger partial charge in [-0.2, -0.15) is 13.2 Å². The lowest BCUT2D eigenvalue weighted by atomic mass is 10.1. The summed E-state index contributed by atoms with van der Waals surface area (Å²) >= 11 is -0.247. The van der Waals surface area contributed by atoms with Crippen molar-refractivity contribution in [2.24, 2.45) is 5.73 Å². The molecule has 0 radical (unpaired) electrons. The molecule has 1 rings (SSSR count). The van der Waals surface area contributed by atoms with Gasteiger partial charge in [-0.25, -0.2) is 0 Å². The average molecular weight is 306 g/mol. The van der Waals surface area contributed by atoms with Crippen molar-refractivity contribution in [1.29, 1.82) is 0 Å². The van der Waals surface area contributed by atoms with Crippen LogP contribution in [0.4, 0.5) is 18.9 Å². The van der Waals surface area contributed by atoms with Crippen LogP contribution in [0.15, 0.2) is 29.2 Å². The molecule has 0 aliphatic rings. The number of thioether (sulfide) groups is 1. The Morgan fingerprint density at radius 1 is 1.40 bits per heavy atom. The molecule has 0 fully saturated rings. The summed E-state index contributed by atoms with van der Waals surface area (Å²) in [6.45, 7) is 1.95. The van der Waals surface area contributed by atoms with Crippen LogP contribution in [0, 0.1) is 0 Å². The summed E-state index contributed by atoms with van der Waals surface area (Å²) in [5.74, 6) is -0.374. The summed E-state index contributed by atoms with van der Waals surface area (Å²) < 4.78 is 37.2. The second-order valence-electron chi connectivity index (χ2n) is 4.35. The molecule has 1 unspecified atom stereocenters. The Bertz CT molecular complexity index is 451. The van der Waals surface area contributed by atoms with Gasteiger partial charge in [-0.1, -0.05) is 25.5 Å². The fourth-order valence-electron chi connectivity index (χ4n) is 1.70. The molecule has 3 nitrogen and oxygen atoms in total. The van der Waals surface area contributed by atoms with E-state index in [1.54, 1.807) is 6.07 Å². The van der Waals surface area contributed by atoms with Crippen LogP contribution in [-0.4, -0.2) is 17.5 Å². The van der Waals surface area contributed by atoms with Crippen LogP contribution in [-0.2, 0) is 4.79 Å². The molecule has 3 N–H and O–H groups in total. The van der Waals surface area contributed by atoms with Gasteiger partial charge in [-0.05, 0) is 30.3 Å². The molecule has 20 heavy (non-hydrogen) atoms. The van der Waals surface area contributed by atoms with Crippen molar-refractivity contribution in [1.82, 2.24) is 0 Å². The molecule has 1 aromatic rings. The molecule has 0 saturated heterocycles. The quantitative estimate of drug-likeness (QED) is 0.787. The summed E-state index contributed by atoms with van der Waals surface area (Å²) in [5.41, 5.74) is 1.50. The molecular formula is C13H17F3N2OS. The molecule has 0 aromatic heterocycles. The fraction of sp³-hybridized carbons (Fsp3) is 0.462. The largest absolute Gasteiger partial charge is 0.446 e. The van der Waals surface area contributed by atoms with Gasteiger partial charge in [0.2, 0.25) is 5.91 Å². The van der Waals surface area contributed by atoms with Crippen LogP contribution < -0.4 is 11.1 Å². The second kappa shape index (κ2) is 7.54. The van der Waals surface area contributed by atoms with E-state index in [0.717, 1.165) is 6.42 Å². The normalized spacial score (nSPS) is 13.1. The highest BCUT2D eigenvalue weighted by molar-refractivity contribution is 8.00. The number of hydrogen-bond acceptors (Lipinski definition) is 3. The Labute approximate surface area is 120 Å². The number of amides is 1. The molecule has 0 aliphatic carbocycles. The number of nitrogens with one attached hydrogen (secondary N) is 1. The third kappa shape index (κ3) is 6.29. The van der Waals surface area contributed by atoms with Crippen LogP contribution in [0.2, 0.25) is 0 Å². The summed E-state index contributed by atoms with van der Waals surface area (Å²) in [4.78, 5) is 11.7. The lowest BCUT2D eigenvalue weighted by Crippen LogP contribution is -2.27. The van der Waals surface area contributed by atoms with Crippen molar-refractivity contribution in [3.8, 4) is 0 Å². The Kier molecular flexibility index (Phi) is 6.35. The number of benzene rings is 1. The Balaban J connectivity index is 2.70. The van der Waals surface area contributed by atoms with Gasteiger partial charge in [-0.15, -0.1) is 0 Å². The number of hydrogen-bond donors (Lipinski definition) is 2. The predicted octanol–water partition coefficient (Wildman–Crippen LogP) is 3.75. The van der Waals surface area contributed by atoms with Crippen LogP contribution in [0.3, 0.4) is 0 Å². The maximum Gasteiger partial charge on any atom is 0.446 e. The number of anilines is 1. The first-order chi connectivity index (χ1) is 9.31. The Morgan fingerprint density at radius 2 is 2.05 bits per heavy atom. The smallest absolute Gasteiger partial charge is 0.327 e. The van der Waals surface area contributed by atoms with E-state index in [9.17, 15) is 18.0 Å². The maximum atomic E-state index is 12.4. The van der Waals surface area contributed by atoms with E-state index < -0.39 is 5.51 Å². The second-order valence-corrected chi connectivity index (χ2v) is 5.45. The lowest BCUT2D eigenvalue weighted by Gasteiger charge is -2.14. The number of carbonyl (C=O) groups excluding carboxylic acids is 1. The van der Waals surface area contributed by atoms with Crippen LogP contribution in [0.1, 0.15) is 26.2 Å². The molecule has 0 spiro atoms. The van der Waals surface area contributed by atoms with Gasteiger partial charge in [-0.3, -0.25) is 4.79 Å². The number of rotatable bonds is 6. The van der Waals surface area contributed by atoms with Gasteiger partial charge in [0.05, 0.1) is 5.69 Å². The van der Waals surface area contributed by atoms with Gasteiger partial charge >= 0.3 is 5.51 Å². The van der Waals surface area contributed by atoms with E-state index in [2.05, 4.69) is 5.32 Å². The van der Waals surface area contributed by atoms with Crippen molar-refractivity contribution in [2.45, 2.75) is 42.6 Å². The minimum absolute atomic E-state index is 0.0302. The van der Waals surface area contributed by atoms with Crippen molar-refractivity contribution < 1.29 is 18.0 Å². The van der Waals surface area contributed by atoms with Crippen molar-refractivity contribution >= 4 is 23.4 Å². The SMILES string of the molecule is CCCC(N)CC(=O)Nc1ccccc1SC(F)(F)F. The fourth-order valence-corrected chi connectivity index (χ4v) is 2.32. The zero-order valence-corrected chi connectivity index (χ0v) is 11.9. The van der Waals surface area contributed by atoms with Crippen molar-refractivity contribution in [2.75, 3.05) is 5.32 Å². The van der Waals surface area contributed by atoms with Crippen LogP contribution in [0.25, 0.3) is 0 Å². The minimum Gasteiger partial charge on any atom is -0.327 e. The lowest BCUT2D eigenvalue weighted by molar-refractivity contribution is -0.116. The van der Waals surface area contributed by atoms with E-state index in [1.165, 1.54) is 18.2 Å². The highest BCUT2D eigenvalue weighted by Crippen LogP contribution is 2.40. The maximum absolute atomic E-state index is 12.4. The molecule has 0 heterocycles. The number of alkyl halides is 3. The predicted molar refractivity (Wildman–Crippen MR) is 74.5 cm³/mol. The molecule has 0 bridgehead atoms. The van der Waals surface area contributed by atoms with Gasteiger partial charge in [0.25, 0.3) is 0 Å². The number of halogens is 3. The third-order valence-electron chi connectivity index (χ3n) is 2.49. The molecule has 7 heteroatoms.